The number of amides is 2. The van der Waals surface area contributed by atoms with Crippen LogP contribution >= 0.6 is 0 Å². The van der Waals surface area contributed by atoms with Gasteiger partial charge in [0.05, 0.1) is 41.5 Å². The summed E-state index contributed by atoms with van der Waals surface area (Å²) in [5.74, 6) is -6.77. The van der Waals surface area contributed by atoms with Gasteiger partial charge in [0.25, 0.3) is 11.7 Å². The number of nitrogens with one attached hydrogen (secondary N) is 1. The van der Waals surface area contributed by atoms with Gasteiger partial charge >= 0.3 is 5.97 Å². The average Bonchev–Trinajstić information content (AvgIpc) is 3.71. The number of phenolic OH excluding ortho intramolecular Hbond substituents is 1. The lowest BCUT2D eigenvalue weighted by atomic mass is 9.78. The van der Waals surface area contributed by atoms with E-state index in [2.05, 4.69) is 24.1 Å². The SMILES string of the molecule is CO[C@H]1/C=C/O[C@@]2(C)Oc3c(C)c(O)c4c(c3[C@H]2O)C2=NC3(CCN(CC(C)C)CC3)N(C(C)=O)C2=C(NC(=O)/C(C)=C\C=C\[C@H](C)[C@H](O)[C@@H](C)[C@@H](O)[C@@H](C)[C@H](OC(C)=O)[C@@H]1C)C4=O. The van der Waals surface area contributed by atoms with Gasteiger partial charge in [-0.25, -0.2) is 0 Å². The standard InChI is InChI=1S/C48H66N4O12/c1-23(2)22-51-19-17-48(18-20-51)50-36-33-34-41(57)29(8)44-35(33)45(59)47(11,64-44)62-21-16-32(61-12)26(5)43(63-31(10)54)28(7)40(56)27(6)39(55)24(3)14-13-15-25(4)46(60)49-37(42(34)58)38(36)52(48)30(9)53/h13-16,21,23-24,26-28,32,39-40,43,45,55-57,59H,17-20,22H2,1-12H3,(H,49,60)/b14-13+,21-16+,25-15-/t24-,26+,27+,28+,32-,39-,40+,43+,45+,47-/m0/s1. The van der Waals surface area contributed by atoms with Crippen molar-refractivity contribution < 1.29 is 58.6 Å². The summed E-state index contributed by atoms with van der Waals surface area (Å²) in [5.41, 5.74) is -0.951. The summed E-state index contributed by atoms with van der Waals surface area (Å²) in [7, 11) is 1.46. The highest BCUT2D eigenvalue weighted by atomic mass is 16.7. The molecule has 1 aromatic rings. The molecular weight excluding hydrogens is 825 g/mol. The number of ketones is 1. The number of aromatic hydroxyl groups is 1. The smallest absolute Gasteiger partial charge is 0.302 e. The van der Waals surface area contributed by atoms with Crippen molar-refractivity contribution in [2.75, 3.05) is 26.7 Å². The molecule has 1 fully saturated rings. The van der Waals surface area contributed by atoms with Crippen LogP contribution in [-0.2, 0) is 28.6 Å². The van der Waals surface area contributed by atoms with E-state index in [1.54, 1.807) is 52.8 Å². The molecule has 4 heterocycles. The van der Waals surface area contributed by atoms with Crippen molar-refractivity contribution in [2.24, 2.45) is 34.6 Å². The number of piperidine rings is 1. The Morgan fingerprint density at radius 2 is 1.64 bits per heavy atom. The zero-order chi connectivity index (χ0) is 47.3. The fourth-order valence-electron chi connectivity index (χ4n) is 10.0. The van der Waals surface area contributed by atoms with E-state index in [1.807, 2.05) is 0 Å². The Morgan fingerprint density at radius 3 is 2.23 bits per heavy atom. The Balaban J connectivity index is 1.55. The van der Waals surface area contributed by atoms with Gasteiger partial charge in [-0.1, -0.05) is 59.8 Å². The molecule has 5 bridgehead atoms. The van der Waals surface area contributed by atoms with Crippen LogP contribution in [0.5, 0.6) is 11.5 Å². The van der Waals surface area contributed by atoms with E-state index in [0.717, 1.165) is 6.54 Å². The number of phenols is 1. The van der Waals surface area contributed by atoms with Crippen LogP contribution < -0.4 is 10.1 Å². The summed E-state index contributed by atoms with van der Waals surface area (Å²) >= 11 is 0. The number of likely N-dealkylation sites (tertiary alicyclic amines) is 1. The fraction of sp³-hybridized carbons (Fsp3) is 0.604. The number of methoxy groups -OCH3 is 1. The Kier molecular flexibility index (Phi) is 14.1. The minimum Gasteiger partial charge on any atom is -0.507 e. The monoisotopic (exact) mass is 890 g/mol. The molecule has 1 spiro atoms. The van der Waals surface area contributed by atoms with E-state index >= 15 is 4.79 Å². The second-order valence-corrected chi connectivity index (χ2v) is 18.9. The molecule has 1 saturated heterocycles. The zero-order valence-electron chi connectivity index (χ0n) is 39.1. The molecule has 64 heavy (non-hydrogen) atoms. The predicted molar refractivity (Wildman–Crippen MR) is 237 cm³/mol. The topological polar surface area (TPSA) is 217 Å². The van der Waals surface area contributed by atoms with Crippen molar-refractivity contribution in [3.8, 4) is 11.5 Å². The normalized spacial score (nSPS) is 34.1. The van der Waals surface area contributed by atoms with Gasteiger partial charge in [0.15, 0.2) is 6.10 Å². The van der Waals surface area contributed by atoms with Gasteiger partial charge in [0, 0.05) is 106 Å². The third kappa shape index (κ3) is 8.66. The number of benzene rings is 1. The summed E-state index contributed by atoms with van der Waals surface area (Å²) in [6, 6.07) is 0. The number of aliphatic hydroxyl groups excluding tert-OH is 3. The van der Waals surface area contributed by atoms with Crippen molar-refractivity contribution in [3.05, 3.63) is 69.8 Å². The van der Waals surface area contributed by atoms with Gasteiger partial charge < -0.3 is 49.6 Å². The molecule has 1 aliphatic carbocycles. The molecular formula is C48H66N4O12. The number of hydrogen-bond donors (Lipinski definition) is 5. The number of rotatable bonds is 4. The first kappa shape index (κ1) is 48.6. The molecule has 16 nitrogen and oxygen atoms in total. The van der Waals surface area contributed by atoms with Crippen molar-refractivity contribution >= 4 is 29.3 Å². The second-order valence-electron chi connectivity index (χ2n) is 18.9. The molecule has 5 aliphatic rings. The molecule has 0 aromatic heterocycles. The quantitative estimate of drug-likeness (QED) is 0.259. The number of Topliss-reactive ketones (excluding diaryl/α,β-unsaturated/α-hetero) is 1. The molecule has 0 unspecified atom stereocenters. The van der Waals surface area contributed by atoms with Crippen LogP contribution in [0.15, 0.2) is 52.5 Å². The van der Waals surface area contributed by atoms with Crippen LogP contribution in [0.4, 0.5) is 0 Å². The third-order valence-electron chi connectivity index (χ3n) is 13.7. The summed E-state index contributed by atoms with van der Waals surface area (Å²) < 4.78 is 24.2. The van der Waals surface area contributed by atoms with Gasteiger partial charge in [0.1, 0.15) is 29.0 Å². The van der Waals surface area contributed by atoms with Crippen LogP contribution in [0.25, 0.3) is 0 Å². The van der Waals surface area contributed by atoms with E-state index < -0.39 is 95.0 Å². The fourth-order valence-corrected chi connectivity index (χ4v) is 10.0. The van der Waals surface area contributed by atoms with E-state index in [4.69, 9.17) is 23.9 Å². The molecule has 4 aliphatic heterocycles. The number of carbonyl (C=O) groups is 4. The minimum absolute atomic E-state index is 0.0540. The summed E-state index contributed by atoms with van der Waals surface area (Å²) in [5, 5.41) is 50.1. The second kappa shape index (κ2) is 18.6. The highest BCUT2D eigenvalue weighted by Crippen LogP contribution is 2.55. The summed E-state index contributed by atoms with van der Waals surface area (Å²) in [6.07, 6.45) is 3.02. The molecule has 6 rings (SSSR count). The number of esters is 1. The maximum atomic E-state index is 15.0. The number of aliphatic imine (C=N–C) groups is 1. The van der Waals surface area contributed by atoms with Gasteiger partial charge in [0.2, 0.25) is 11.7 Å². The van der Waals surface area contributed by atoms with Crippen molar-refractivity contribution in [1.82, 2.24) is 15.1 Å². The Labute approximate surface area is 375 Å². The molecule has 1 aromatic carbocycles. The van der Waals surface area contributed by atoms with Crippen molar-refractivity contribution in [2.45, 2.75) is 131 Å². The van der Waals surface area contributed by atoms with E-state index in [-0.39, 0.29) is 50.7 Å². The molecule has 5 N–H and O–H groups in total. The summed E-state index contributed by atoms with van der Waals surface area (Å²) in [4.78, 5) is 64.6. The average molecular weight is 891 g/mol. The first-order chi connectivity index (χ1) is 30.0. The number of aliphatic hydroxyl groups is 3. The molecule has 350 valence electrons. The first-order valence-corrected chi connectivity index (χ1v) is 22.3. The number of fused-ring (bicyclic) bond motifs is 3. The molecule has 0 saturated carbocycles. The molecule has 0 radical (unpaired) electrons. The lowest BCUT2D eigenvalue weighted by Crippen LogP contribution is -2.54. The number of allylic oxidation sites excluding steroid dienone is 4. The van der Waals surface area contributed by atoms with E-state index in [0.29, 0.717) is 31.8 Å². The van der Waals surface area contributed by atoms with Crippen molar-refractivity contribution in [1.29, 1.82) is 0 Å². The molecule has 2 amide bonds. The highest BCUT2D eigenvalue weighted by molar-refractivity contribution is 6.32. The molecule has 10 atom stereocenters. The third-order valence-corrected chi connectivity index (χ3v) is 13.7. The maximum Gasteiger partial charge on any atom is 0.302 e. The van der Waals surface area contributed by atoms with Gasteiger partial charge in [-0.2, -0.15) is 0 Å². The van der Waals surface area contributed by atoms with E-state index in [1.165, 1.54) is 52.0 Å². The van der Waals surface area contributed by atoms with E-state index in [9.17, 15) is 34.8 Å². The van der Waals surface area contributed by atoms with Crippen LogP contribution in [0.2, 0.25) is 0 Å². The summed E-state index contributed by atoms with van der Waals surface area (Å²) in [6.45, 7) is 20.5. The Bertz CT molecular complexity index is 2200. The first-order valence-electron chi connectivity index (χ1n) is 22.3. The Hall–Kier alpha value is -4.87. The largest absolute Gasteiger partial charge is 0.507 e. The van der Waals surface area contributed by atoms with Gasteiger partial charge in [-0.05, 0) is 25.8 Å². The number of hydrogen-bond acceptors (Lipinski definition) is 14. The number of ether oxygens (including phenoxy) is 4. The number of nitrogens with zero attached hydrogens (tertiary/aromatic N) is 3. The minimum atomic E-state index is -1.85. The lowest BCUT2D eigenvalue weighted by Gasteiger charge is -2.43. The zero-order valence-corrected chi connectivity index (χ0v) is 39.1. The van der Waals surface area contributed by atoms with Crippen LogP contribution in [0.1, 0.15) is 115 Å². The van der Waals surface area contributed by atoms with Crippen LogP contribution in [0, 0.1) is 36.5 Å². The molecule has 16 heteroatoms. The highest BCUT2D eigenvalue weighted by Gasteiger charge is 2.57. The maximum absolute atomic E-state index is 15.0. The number of carbonyl (C=O) groups excluding carboxylic acids is 4. The van der Waals surface area contributed by atoms with Crippen LogP contribution in [0.3, 0.4) is 0 Å². The Morgan fingerprint density at radius 1 is 0.984 bits per heavy atom. The predicted octanol–water partition coefficient (Wildman–Crippen LogP) is 4.73. The van der Waals surface area contributed by atoms with Gasteiger partial charge in [-0.15, -0.1) is 0 Å². The van der Waals surface area contributed by atoms with Gasteiger partial charge in [-0.3, -0.25) is 29.1 Å². The van der Waals surface area contributed by atoms with Crippen molar-refractivity contribution in [3.63, 3.8) is 0 Å². The lowest BCUT2D eigenvalue weighted by molar-refractivity contribution is -0.181. The van der Waals surface area contributed by atoms with Crippen LogP contribution in [-0.4, -0.2) is 122 Å².